The van der Waals surface area contributed by atoms with Crippen molar-refractivity contribution in [3.63, 3.8) is 0 Å². The van der Waals surface area contributed by atoms with Gasteiger partial charge < -0.3 is 25.2 Å². The Bertz CT molecular complexity index is 748. The van der Waals surface area contributed by atoms with E-state index in [9.17, 15) is 0 Å². The van der Waals surface area contributed by atoms with Gasteiger partial charge in [0.25, 0.3) is 0 Å². The molecule has 0 saturated carbocycles. The standard InChI is InChI=1S/C18H25IN6O/c1-4-20-15-12-21-18(23-17(15)19)22-14-6-5-13(11-16(14)26-3)25-9-7-24(2)8-10-25/h5-6,11-12,20H,4,7-10H2,1-3H3,(H,21,22,23). The second-order valence-corrected chi connectivity index (χ2v) is 7.25. The van der Waals surface area contributed by atoms with Gasteiger partial charge in [0.05, 0.1) is 24.7 Å². The maximum Gasteiger partial charge on any atom is 0.228 e. The average Bonchev–Trinajstić information content (AvgIpc) is 2.65. The van der Waals surface area contributed by atoms with E-state index >= 15 is 0 Å². The molecule has 0 amide bonds. The van der Waals surface area contributed by atoms with Crippen molar-refractivity contribution in [1.82, 2.24) is 14.9 Å². The van der Waals surface area contributed by atoms with Gasteiger partial charge in [-0.15, -0.1) is 0 Å². The van der Waals surface area contributed by atoms with Crippen LogP contribution in [-0.2, 0) is 0 Å². The minimum atomic E-state index is 0.557. The molecule has 2 N–H and O–H groups in total. The van der Waals surface area contributed by atoms with Crippen LogP contribution in [0.5, 0.6) is 5.75 Å². The molecule has 1 aliphatic rings. The van der Waals surface area contributed by atoms with Gasteiger partial charge in [0.1, 0.15) is 9.45 Å². The molecule has 140 valence electrons. The van der Waals surface area contributed by atoms with E-state index in [1.54, 1.807) is 13.3 Å². The molecule has 0 radical (unpaired) electrons. The Kier molecular flexibility index (Phi) is 6.36. The highest BCUT2D eigenvalue weighted by molar-refractivity contribution is 14.1. The fraction of sp³-hybridized carbons (Fsp3) is 0.444. The summed E-state index contributed by atoms with van der Waals surface area (Å²) in [5.74, 6) is 1.34. The third-order valence-electron chi connectivity index (χ3n) is 4.41. The molecule has 0 aliphatic carbocycles. The summed E-state index contributed by atoms with van der Waals surface area (Å²) in [6.45, 7) is 7.10. The molecule has 1 aromatic heterocycles. The number of ether oxygens (including phenoxy) is 1. The zero-order valence-electron chi connectivity index (χ0n) is 15.4. The molecule has 2 heterocycles. The first kappa shape index (κ1) is 19.0. The Morgan fingerprint density at radius 1 is 1.19 bits per heavy atom. The zero-order chi connectivity index (χ0) is 18.5. The van der Waals surface area contributed by atoms with E-state index in [0.717, 1.165) is 53.5 Å². The zero-order valence-corrected chi connectivity index (χ0v) is 17.6. The van der Waals surface area contributed by atoms with Crippen LogP contribution in [-0.4, -0.2) is 61.7 Å². The van der Waals surface area contributed by atoms with Crippen molar-refractivity contribution in [2.75, 3.05) is 62.4 Å². The van der Waals surface area contributed by atoms with Crippen molar-refractivity contribution < 1.29 is 4.74 Å². The number of piperazine rings is 1. The van der Waals surface area contributed by atoms with Gasteiger partial charge in [-0.3, -0.25) is 0 Å². The van der Waals surface area contributed by atoms with Gasteiger partial charge in [0.2, 0.25) is 5.95 Å². The van der Waals surface area contributed by atoms with E-state index in [1.807, 2.05) is 6.07 Å². The third-order valence-corrected chi connectivity index (χ3v) is 5.23. The number of anilines is 4. The fourth-order valence-electron chi connectivity index (χ4n) is 2.90. The number of aromatic nitrogens is 2. The molecule has 7 nitrogen and oxygen atoms in total. The maximum absolute atomic E-state index is 5.59. The summed E-state index contributed by atoms with van der Waals surface area (Å²) >= 11 is 2.21. The van der Waals surface area contributed by atoms with E-state index < -0.39 is 0 Å². The fourth-order valence-corrected chi connectivity index (χ4v) is 3.45. The number of rotatable bonds is 6. The van der Waals surface area contributed by atoms with E-state index in [2.05, 4.69) is 79.1 Å². The van der Waals surface area contributed by atoms with Crippen LogP contribution < -0.4 is 20.3 Å². The number of hydrogen-bond donors (Lipinski definition) is 2. The number of halogens is 1. The minimum Gasteiger partial charge on any atom is -0.494 e. The lowest BCUT2D eigenvalue weighted by Crippen LogP contribution is -2.44. The van der Waals surface area contributed by atoms with E-state index in [4.69, 9.17) is 4.74 Å². The maximum atomic E-state index is 5.59. The lowest BCUT2D eigenvalue weighted by atomic mass is 10.2. The number of benzene rings is 1. The van der Waals surface area contributed by atoms with Crippen LogP contribution in [0.4, 0.5) is 23.0 Å². The van der Waals surface area contributed by atoms with Crippen molar-refractivity contribution in [1.29, 1.82) is 0 Å². The number of nitrogens with zero attached hydrogens (tertiary/aromatic N) is 4. The van der Waals surface area contributed by atoms with E-state index in [-0.39, 0.29) is 0 Å². The predicted molar refractivity (Wildman–Crippen MR) is 115 cm³/mol. The molecule has 1 fully saturated rings. The van der Waals surface area contributed by atoms with Crippen LogP contribution in [0.15, 0.2) is 24.4 Å². The van der Waals surface area contributed by atoms with Crippen LogP contribution in [0.3, 0.4) is 0 Å². The van der Waals surface area contributed by atoms with Gasteiger partial charge in [0.15, 0.2) is 0 Å². The molecule has 0 bridgehead atoms. The lowest BCUT2D eigenvalue weighted by molar-refractivity contribution is 0.312. The highest BCUT2D eigenvalue weighted by Crippen LogP contribution is 2.32. The molecule has 3 rings (SSSR count). The summed E-state index contributed by atoms with van der Waals surface area (Å²) in [7, 11) is 3.85. The van der Waals surface area contributed by atoms with Crippen molar-refractivity contribution in [2.45, 2.75) is 6.92 Å². The number of likely N-dealkylation sites (N-methyl/N-ethyl adjacent to an activating group) is 1. The molecule has 1 saturated heterocycles. The van der Waals surface area contributed by atoms with Gasteiger partial charge >= 0.3 is 0 Å². The Morgan fingerprint density at radius 2 is 1.96 bits per heavy atom. The van der Waals surface area contributed by atoms with Crippen LogP contribution in [0.1, 0.15) is 6.92 Å². The van der Waals surface area contributed by atoms with Crippen molar-refractivity contribution in [3.8, 4) is 5.75 Å². The molecule has 1 aromatic carbocycles. The van der Waals surface area contributed by atoms with E-state index in [1.165, 1.54) is 5.69 Å². The van der Waals surface area contributed by atoms with Gasteiger partial charge in [-0.05, 0) is 48.7 Å². The van der Waals surface area contributed by atoms with Gasteiger partial charge in [-0.25, -0.2) is 9.97 Å². The second kappa shape index (κ2) is 8.72. The monoisotopic (exact) mass is 468 g/mol. The molecule has 2 aromatic rings. The highest BCUT2D eigenvalue weighted by atomic mass is 127. The summed E-state index contributed by atoms with van der Waals surface area (Å²) in [6.07, 6.45) is 1.80. The van der Waals surface area contributed by atoms with Gasteiger partial charge in [0, 0.05) is 44.5 Å². The summed E-state index contributed by atoms with van der Waals surface area (Å²) in [6, 6.07) is 6.22. The number of nitrogens with one attached hydrogen (secondary N) is 2. The summed E-state index contributed by atoms with van der Waals surface area (Å²) in [4.78, 5) is 13.6. The van der Waals surface area contributed by atoms with Crippen molar-refractivity contribution in [3.05, 3.63) is 28.1 Å². The first-order valence-corrected chi connectivity index (χ1v) is 9.83. The molecule has 26 heavy (non-hydrogen) atoms. The van der Waals surface area contributed by atoms with E-state index in [0.29, 0.717) is 5.95 Å². The van der Waals surface area contributed by atoms with Gasteiger partial charge in [-0.1, -0.05) is 0 Å². The normalized spacial score (nSPS) is 15.0. The molecule has 8 heteroatoms. The smallest absolute Gasteiger partial charge is 0.228 e. The summed E-state index contributed by atoms with van der Waals surface area (Å²) in [5.41, 5.74) is 2.98. The minimum absolute atomic E-state index is 0.557. The Hall–Kier alpha value is -1.81. The Labute approximate surface area is 168 Å². The lowest BCUT2D eigenvalue weighted by Gasteiger charge is -2.34. The predicted octanol–water partition coefficient (Wildman–Crippen LogP) is 3.02. The number of hydrogen-bond acceptors (Lipinski definition) is 7. The van der Waals surface area contributed by atoms with Gasteiger partial charge in [-0.2, -0.15) is 0 Å². The SMILES string of the molecule is CCNc1cnc(Nc2ccc(N3CCN(C)CC3)cc2OC)nc1I. The Balaban J connectivity index is 1.77. The van der Waals surface area contributed by atoms with Crippen LogP contribution >= 0.6 is 22.6 Å². The first-order chi connectivity index (χ1) is 12.6. The summed E-state index contributed by atoms with van der Waals surface area (Å²) in [5, 5.41) is 6.51. The molecule has 1 aliphatic heterocycles. The molecular weight excluding hydrogens is 443 g/mol. The Morgan fingerprint density at radius 3 is 2.62 bits per heavy atom. The molecule has 0 unspecified atom stereocenters. The average molecular weight is 468 g/mol. The largest absolute Gasteiger partial charge is 0.494 e. The first-order valence-electron chi connectivity index (χ1n) is 8.75. The molecular formula is C18H25IN6O. The van der Waals surface area contributed by atoms with Crippen LogP contribution in [0.25, 0.3) is 0 Å². The van der Waals surface area contributed by atoms with Crippen molar-refractivity contribution in [2.24, 2.45) is 0 Å². The van der Waals surface area contributed by atoms with Crippen molar-refractivity contribution >= 4 is 45.6 Å². The molecule has 0 atom stereocenters. The third kappa shape index (κ3) is 4.47. The topological polar surface area (TPSA) is 65.6 Å². The molecule has 0 spiro atoms. The van der Waals surface area contributed by atoms with Crippen LogP contribution in [0, 0.1) is 3.70 Å². The van der Waals surface area contributed by atoms with Crippen LogP contribution in [0.2, 0.25) is 0 Å². The quantitative estimate of drug-likeness (QED) is 0.499. The summed E-state index contributed by atoms with van der Waals surface area (Å²) < 4.78 is 6.48. The second-order valence-electron chi connectivity index (χ2n) is 6.23. The highest BCUT2D eigenvalue weighted by Gasteiger charge is 2.16. The number of methoxy groups -OCH3 is 1.